The van der Waals surface area contributed by atoms with Crippen LogP contribution in [0.3, 0.4) is 0 Å². The van der Waals surface area contributed by atoms with Crippen molar-refractivity contribution in [3.05, 3.63) is 65.7 Å². The highest BCUT2D eigenvalue weighted by atomic mass is 16.3. The van der Waals surface area contributed by atoms with E-state index in [1.54, 1.807) is 0 Å². The number of hydrogen-bond acceptors (Lipinski definition) is 1. The third kappa shape index (κ3) is 1.06. The van der Waals surface area contributed by atoms with E-state index in [4.69, 9.17) is 0 Å². The molecule has 1 saturated carbocycles. The third-order valence-corrected chi connectivity index (χ3v) is 5.02. The molecule has 0 amide bonds. The number of rotatable bonds is 0. The average molecular weight is 258 g/mol. The SMILES string of the molecule is Oc1ccc2c3c(cccc13)C1(CC1)c1ccccc1-2. The van der Waals surface area contributed by atoms with Crippen LogP contribution in [0.5, 0.6) is 5.75 Å². The Balaban J connectivity index is 2.06. The summed E-state index contributed by atoms with van der Waals surface area (Å²) in [6.07, 6.45) is 2.44. The summed E-state index contributed by atoms with van der Waals surface area (Å²) in [5, 5.41) is 12.4. The van der Waals surface area contributed by atoms with Crippen LogP contribution in [0, 0.1) is 0 Å². The molecule has 20 heavy (non-hydrogen) atoms. The number of phenolic OH excluding ortho intramolecular Hbond substituents is 1. The summed E-state index contributed by atoms with van der Waals surface area (Å²) in [7, 11) is 0. The predicted octanol–water partition coefficient (Wildman–Crippen LogP) is 4.61. The first-order valence-corrected chi connectivity index (χ1v) is 7.16. The van der Waals surface area contributed by atoms with E-state index in [-0.39, 0.29) is 5.41 Å². The molecule has 96 valence electrons. The molecule has 0 bridgehead atoms. The van der Waals surface area contributed by atoms with Gasteiger partial charge in [-0.15, -0.1) is 0 Å². The van der Waals surface area contributed by atoms with Crippen molar-refractivity contribution < 1.29 is 5.11 Å². The monoisotopic (exact) mass is 258 g/mol. The summed E-state index contributed by atoms with van der Waals surface area (Å²) in [4.78, 5) is 0. The maximum absolute atomic E-state index is 10.2. The number of fused-ring (bicyclic) bond motifs is 4. The van der Waals surface area contributed by atoms with Gasteiger partial charge in [0, 0.05) is 10.8 Å². The van der Waals surface area contributed by atoms with Gasteiger partial charge in [0.2, 0.25) is 0 Å². The van der Waals surface area contributed by atoms with Crippen molar-refractivity contribution in [3.8, 4) is 16.9 Å². The maximum Gasteiger partial charge on any atom is 0.123 e. The van der Waals surface area contributed by atoms with Gasteiger partial charge in [0.25, 0.3) is 0 Å². The van der Waals surface area contributed by atoms with Crippen LogP contribution in [-0.4, -0.2) is 5.11 Å². The molecular formula is C19H14O. The van der Waals surface area contributed by atoms with Gasteiger partial charge in [-0.25, -0.2) is 0 Å². The lowest BCUT2D eigenvalue weighted by molar-refractivity contribution is 0.481. The summed E-state index contributed by atoms with van der Waals surface area (Å²) in [6, 6.07) is 19.0. The molecule has 0 atom stereocenters. The Morgan fingerprint density at radius 1 is 0.750 bits per heavy atom. The smallest absolute Gasteiger partial charge is 0.123 e. The number of phenols is 1. The maximum atomic E-state index is 10.2. The van der Waals surface area contributed by atoms with Crippen LogP contribution in [0.1, 0.15) is 24.0 Å². The molecule has 0 aromatic heterocycles. The van der Waals surface area contributed by atoms with E-state index < -0.39 is 0 Å². The molecule has 0 radical (unpaired) electrons. The van der Waals surface area contributed by atoms with Crippen LogP contribution in [0.4, 0.5) is 0 Å². The fourth-order valence-electron chi connectivity index (χ4n) is 3.96. The topological polar surface area (TPSA) is 20.2 Å². The van der Waals surface area contributed by atoms with Crippen LogP contribution in [0.15, 0.2) is 54.6 Å². The molecule has 1 N–H and O–H groups in total. The zero-order valence-corrected chi connectivity index (χ0v) is 11.1. The van der Waals surface area contributed by atoms with E-state index in [1.165, 1.54) is 40.5 Å². The largest absolute Gasteiger partial charge is 0.507 e. The molecule has 0 heterocycles. The minimum absolute atomic E-state index is 0.205. The highest BCUT2D eigenvalue weighted by Gasteiger charge is 2.50. The molecule has 2 aliphatic carbocycles. The van der Waals surface area contributed by atoms with Gasteiger partial charge in [-0.2, -0.15) is 0 Å². The van der Waals surface area contributed by atoms with Crippen molar-refractivity contribution in [2.45, 2.75) is 18.3 Å². The number of aromatic hydroxyl groups is 1. The summed E-state index contributed by atoms with van der Waals surface area (Å²) in [5.41, 5.74) is 5.68. The van der Waals surface area contributed by atoms with Gasteiger partial charge in [-0.1, -0.05) is 48.5 Å². The van der Waals surface area contributed by atoms with Crippen molar-refractivity contribution in [1.29, 1.82) is 0 Å². The fraction of sp³-hybridized carbons (Fsp3) is 0.158. The Morgan fingerprint density at radius 3 is 2.40 bits per heavy atom. The van der Waals surface area contributed by atoms with Gasteiger partial charge in [0.1, 0.15) is 5.75 Å². The van der Waals surface area contributed by atoms with Crippen LogP contribution in [0.25, 0.3) is 21.9 Å². The molecule has 3 aromatic rings. The molecule has 0 saturated heterocycles. The molecule has 1 fully saturated rings. The van der Waals surface area contributed by atoms with Gasteiger partial charge in [0.05, 0.1) is 0 Å². The van der Waals surface area contributed by atoms with Gasteiger partial charge < -0.3 is 5.11 Å². The van der Waals surface area contributed by atoms with Gasteiger partial charge >= 0.3 is 0 Å². The van der Waals surface area contributed by atoms with Crippen molar-refractivity contribution in [3.63, 3.8) is 0 Å². The quantitative estimate of drug-likeness (QED) is 0.624. The molecule has 1 nitrogen and oxygen atoms in total. The first-order chi connectivity index (χ1) is 9.81. The minimum atomic E-state index is 0.205. The summed E-state index contributed by atoms with van der Waals surface area (Å²) >= 11 is 0. The first-order valence-electron chi connectivity index (χ1n) is 7.16. The number of hydrogen-bond donors (Lipinski definition) is 1. The summed E-state index contributed by atoms with van der Waals surface area (Å²) in [5.74, 6) is 0.390. The molecule has 3 aromatic carbocycles. The number of benzene rings is 3. The summed E-state index contributed by atoms with van der Waals surface area (Å²) < 4.78 is 0. The second-order valence-electron chi connectivity index (χ2n) is 5.99. The molecule has 0 aliphatic heterocycles. The lowest BCUT2D eigenvalue weighted by Crippen LogP contribution is -2.15. The Hall–Kier alpha value is -2.28. The van der Waals surface area contributed by atoms with Crippen molar-refractivity contribution in [2.75, 3.05) is 0 Å². The molecule has 1 spiro atoms. The first kappa shape index (κ1) is 10.5. The molecule has 1 heteroatoms. The van der Waals surface area contributed by atoms with E-state index in [0.717, 1.165) is 5.39 Å². The second-order valence-corrected chi connectivity index (χ2v) is 5.99. The highest BCUT2D eigenvalue weighted by molar-refractivity contribution is 6.06. The van der Waals surface area contributed by atoms with Crippen LogP contribution < -0.4 is 0 Å². The normalized spacial score (nSPS) is 17.2. The van der Waals surface area contributed by atoms with Crippen LogP contribution in [0.2, 0.25) is 0 Å². The lowest BCUT2D eigenvalue weighted by atomic mass is 9.74. The predicted molar refractivity (Wildman–Crippen MR) is 81.1 cm³/mol. The lowest BCUT2D eigenvalue weighted by Gasteiger charge is -2.29. The molecule has 0 unspecified atom stereocenters. The zero-order valence-electron chi connectivity index (χ0n) is 11.1. The Morgan fingerprint density at radius 2 is 1.55 bits per heavy atom. The van der Waals surface area contributed by atoms with E-state index in [0.29, 0.717) is 5.75 Å². The van der Waals surface area contributed by atoms with E-state index in [9.17, 15) is 5.11 Å². The molecular weight excluding hydrogens is 244 g/mol. The van der Waals surface area contributed by atoms with Crippen molar-refractivity contribution in [1.82, 2.24) is 0 Å². The fourth-order valence-corrected chi connectivity index (χ4v) is 3.96. The van der Waals surface area contributed by atoms with Crippen LogP contribution >= 0.6 is 0 Å². The minimum Gasteiger partial charge on any atom is -0.507 e. The molecule has 5 rings (SSSR count). The Bertz CT molecular complexity index is 872. The summed E-state index contributed by atoms with van der Waals surface area (Å²) in [6.45, 7) is 0. The van der Waals surface area contributed by atoms with Crippen molar-refractivity contribution >= 4 is 10.8 Å². The van der Waals surface area contributed by atoms with E-state index in [2.05, 4.69) is 42.5 Å². The second kappa shape index (κ2) is 3.24. The average Bonchev–Trinajstić information content (AvgIpc) is 3.28. The standard InChI is InChI=1S/C19H14O/c20-17-9-8-13-12-4-1-2-6-15(12)19(10-11-19)16-7-3-5-14(17)18(13)16/h1-9,20H,10-11H2. The van der Waals surface area contributed by atoms with Gasteiger partial charge in [-0.3, -0.25) is 0 Å². The Labute approximate surface area is 117 Å². The van der Waals surface area contributed by atoms with E-state index >= 15 is 0 Å². The Kier molecular flexibility index (Phi) is 1.70. The molecule has 2 aliphatic rings. The van der Waals surface area contributed by atoms with Gasteiger partial charge in [0.15, 0.2) is 0 Å². The van der Waals surface area contributed by atoms with Gasteiger partial charge in [-0.05, 0) is 46.5 Å². The third-order valence-electron chi connectivity index (χ3n) is 5.02. The highest BCUT2D eigenvalue weighted by Crippen LogP contribution is 2.61. The van der Waals surface area contributed by atoms with E-state index in [1.807, 2.05) is 12.1 Å². The van der Waals surface area contributed by atoms with Crippen LogP contribution in [-0.2, 0) is 5.41 Å². The zero-order chi connectivity index (χ0) is 13.3. The van der Waals surface area contributed by atoms with Crippen molar-refractivity contribution in [2.24, 2.45) is 0 Å².